The van der Waals surface area contributed by atoms with Crippen LogP contribution in [0.4, 0.5) is 5.69 Å². The van der Waals surface area contributed by atoms with Crippen molar-refractivity contribution in [2.45, 2.75) is 13.0 Å². The molecule has 0 fully saturated rings. The summed E-state index contributed by atoms with van der Waals surface area (Å²) in [6, 6.07) is 16.1. The molecule has 0 bridgehead atoms. The van der Waals surface area contributed by atoms with Crippen LogP contribution in [-0.2, 0) is 4.79 Å². The van der Waals surface area contributed by atoms with E-state index in [-0.39, 0.29) is 11.3 Å². The average molecular weight is 475 g/mol. The van der Waals surface area contributed by atoms with E-state index in [0.717, 1.165) is 0 Å². The standard InChI is InChI=1S/C26H19ClN2O5/c1-14-12-16(27)9-10-18(14)29-22(17-7-3-4-11-28-17)21(24(31)26(29)32)23(30)20-13-15-6-5-8-19(33-2)25(15)34-20/h3-13,22,31H,1-2H3. The number of hydrogen-bond donors (Lipinski definition) is 1. The fourth-order valence-electron chi connectivity index (χ4n) is 4.23. The number of benzene rings is 2. The lowest BCUT2D eigenvalue weighted by Gasteiger charge is -2.27. The maximum absolute atomic E-state index is 13.7. The van der Waals surface area contributed by atoms with Crippen molar-refractivity contribution in [2.24, 2.45) is 0 Å². The summed E-state index contributed by atoms with van der Waals surface area (Å²) in [5.74, 6) is -1.53. The molecule has 2 aromatic carbocycles. The SMILES string of the molecule is COc1cccc2cc(C(=O)C3=C(O)C(=O)N(c4ccc(Cl)cc4C)C3c3ccccn3)oc12. The third kappa shape index (κ3) is 3.41. The number of nitrogens with zero attached hydrogens (tertiary/aromatic N) is 2. The molecule has 0 saturated heterocycles. The lowest BCUT2D eigenvalue weighted by molar-refractivity contribution is -0.117. The minimum Gasteiger partial charge on any atom is -0.503 e. The number of anilines is 1. The van der Waals surface area contributed by atoms with Crippen LogP contribution in [-0.4, -0.2) is 28.9 Å². The molecular formula is C26H19ClN2O5. The van der Waals surface area contributed by atoms with Crippen molar-refractivity contribution in [1.82, 2.24) is 4.98 Å². The minimum atomic E-state index is -0.962. The first kappa shape index (κ1) is 21.7. The topological polar surface area (TPSA) is 92.9 Å². The van der Waals surface area contributed by atoms with Crippen LogP contribution in [0.3, 0.4) is 0 Å². The molecule has 0 spiro atoms. The Morgan fingerprint density at radius 3 is 2.68 bits per heavy atom. The van der Waals surface area contributed by atoms with E-state index >= 15 is 0 Å². The molecule has 4 aromatic rings. The number of carbonyl (C=O) groups excluding carboxylic acids is 2. The van der Waals surface area contributed by atoms with E-state index in [1.807, 2.05) is 0 Å². The maximum Gasteiger partial charge on any atom is 0.294 e. The van der Waals surface area contributed by atoms with E-state index in [1.165, 1.54) is 12.0 Å². The molecule has 3 heterocycles. The van der Waals surface area contributed by atoms with Gasteiger partial charge in [0.1, 0.15) is 6.04 Å². The first-order chi connectivity index (χ1) is 16.4. The van der Waals surface area contributed by atoms with Gasteiger partial charge in [-0.2, -0.15) is 0 Å². The number of aliphatic hydroxyl groups is 1. The number of methoxy groups -OCH3 is 1. The van der Waals surface area contributed by atoms with Crippen molar-refractivity contribution >= 4 is 39.9 Å². The maximum atomic E-state index is 13.7. The summed E-state index contributed by atoms with van der Waals surface area (Å²) in [6.45, 7) is 1.80. The van der Waals surface area contributed by atoms with Gasteiger partial charge in [0.25, 0.3) is 5.91 Å². The van der Waals surface area contributed by atoms with Crippen molar-refractivity contribution < 1.29 is 23.8 Å². The van der Waals surface area contributed by atoms with E-state index in [9.17, 15) is 14.7 Å². The van der Waals surface area contributed by atoms with Crippen LogP contribution in [0.5, 0.6) is 5.75 Å². The highest BCUT2D eigenvalue weighted by atomic mass is 35.5. The number of aliphatic hydroxyl groups excluding tert-OH is 1. The van der Waals surface area contributed by atoms with Crippen molar-refractivity contribution in [1.29, 1.82) is 0 Å². The first-order valence-corrected chi connectivity index (χ1v) is 10.8. The smallest absolute Gasteiger partial charge is 0.294 e. The number of amides is 1. The number of ether oxygens (including phenoxy) is 1. The van der Waals surface area contributed by atoms with Crippen LogP contribution >= 0.6 is 11.6 Å². The highest BCUT2D eigenvalue weighted by Gasteiger charge is 2.46. The molecule has 2 aromatic heterocycles. The molecule has 170 valence electrons. The third-order valence-corrected chi connectivity index (χ3v) is 6.03. The molecule has 0 aliphatic carbocycles. The van der Waals surface area contributed by atoms with Gasteiger partial charge in [0, 0.05) is 22.3 Å². The molecular weight excluding hydrogens is 456 g/mol. The zero-order chi connectivity index (χ0) is 24.0. The predicted octanol–water partition coefficient (Wildman–Crippen LogP) is 5.58. The second-order valence-electron chi connectivity index (χ2n) is 7.84. The fraction of sp³-hybridized carbons (Fsp3) is 0.115. The third-order valence-electron chi connectivity index (χ3n) is 5.79. The summed E-state index contributed by atoms with van der Waals surface area (Å²) in [5, 5.41) is 12.1. The summed E-state index contributed by atoms with van der Waals surface area (Å²) in [4.78, 5) is 32.7. The fourth-order valence-corrected chi connectivity index (χ4v) is 4.46. The van der Waals surface area contributed by atoms with Crippen molar-refractivity contribution in [3.05, 3.63) is 100 Å². The zero-order valence-corrected chi connectivity index (χ0v) is 19.0. The lowest BCUT2D eigenvalue weighted by Crippen LogP contribution is -2.32. The van der Waals surface area contributed by atoms with Gasteiger partial charge in [-0.05, 0) is 55.0 Å². The molecule has 1 atom stereocenters. The van der Waals surface area contributed by atoms with Crippen LogP contribution in [0.2, 0.25) is 5.02 Å². The number of para-hydroxylation sites is 1. The molecule has 1 aliphatic rings. The van der Waals surface area contributed by atoms with Crippen LogP contribution in [0, 0.1) is 6.92 Å². The number of rotatable bonds is 5. The molecule has 8 heteroatoms. The van der Waals surface area contributed by atoms with Gasteiger partial charge in [0.05, 0.1) is 18.4 Å². The monoisotopic (exact) mass is 474 g/mol. The normalized spacial score (nSPS) is 15.9. The number of furan rings is 1. The van der Waals surface area contributed by atoms with Crippen LogP contribution < -0.4 is 9.64 Å². The quantitative estimate of drug-likeness (QED) is 0.379. The van der Waals surface area contributed by atoms with Crippen LogP contribution in [0.1, 0.15) is 27.9 Å². The number of hydrogen-bond acceptors (Lipinski definition) is 6. The number of aromatic nitrogens is 1. The van der Waals surface area contributed by atoms with E-state index < -0.39 is 23.5 Å². The summed E-state index contributed by atoms with van der Waals surface area (Å²) >= 11 is 6.11. The Morgan fingerprint density at radius 1 is 1.15 bits per heavy atom. The van der Waals surface area contributed by atoms with Gasteiger partial charge in [-0.1, -0.05) is 29.8 Å². The molecule has 1 N–H and O–H groups in total. The number of fused-ring (bicyclic) bond motifs is 1. The molecule has 34 heavy (non-hydrogen) atoms. The Balaban J connectivity index is 1.67. The zero-order valence-electron chi connectivity index (χ0n) is 18.3. The van der Waals surface area contributed by atoms with Gasteiger partial charge < -0.3 is 14.3 Å². The lowest BCUT2D eigenvalue weighted by atomic mass is 9.97. The number of carbonyl (C=O) groups is 2. The van der Waals surface area contributed by atoms with Gasteiger partial charge in [-0.3, -0.25) is 19.5 Å². The molecule has 1 unspecified atom stereocenters. The van der Waals surface area contributed by atoms with Crippen molar-refractivity contribution in [2.75, 3.05) is 12.0 Å². The highest BCUT2D eigenvalue weighted by Crippen LogP contribution is 2.43. The summed E-state index contributed by atoms with van der Waals surface area (Å²) in [5.41, 5.74) is 1.92. The Morgan fingerprint density at radius 2 is 1.97 bits per heavy atom. The highest BCUT2D eigenvalue weighted by molar-refractivity contribution is 6.30. The molecule has 1 amide bonds. The second kappa shape index (κ2) is 8.35. The molecule has 1 aliphatic heterocycles. The summed E-state index contributed by atoms with van der Waals surface area (Å²) in [7, 11) is 1.51. The Kier molecular flexibility index (Phi) is 5.34. The number of Topliss-reactive ketones (excluding diaryl/α,β-unsaturated/α-hetero) is 1. The molecule has 0 saturated carbocycles. The van der Waals surface area contributed by atoms with Gasteiger partial charge >= 0.3 is 0 Å². The van der Waals surface area contributed by atoms with E-state index in [1.54, 1.807) is 73.8 Å². The van der Waals surface area contributed by atoms with Crippen LogP contribution in [0.15, 0.2) is 82.6 Å². The Labute approximate surface area is 199 Å². The predicted molar refractivity (Wildman–Crippen MR) is 127 cm³/mol. The minimum absolute atomic E-state index is 0.0236. The first-order valence-electron chi connectivity index (χ1n) is 10.5. The molecule has 5 rings (SSSR count). The Bertz CT molecular complexity index is 1480. The largest absolute Gasteiger partial charge is 0.503 e. The van der Waals surface area contributed by atoms with Gasteiger partial charge in [-0.15, -0.1) is 0 Å². The number of pyridine rings is 1. The summed E-state index contributed by atoms with van der Waals surface area (Å²) < 4.78 is 11.1. The number of halogens is 1. The average Bonchev–Trinajstić information content (AvgIpc) is 3.39. The van der Waals surface area contributed by atoms with Crippen LogP contribution in [0.25, 0.3) is 11.0 Å². The van der Waals surface area contributed by atoms with Gasteiger partial charge in [-0.25, -0.2) is 0 Å². The van der Waals surface area contributed by atoms with Gasteiger partial charge in [0.15, 0.2) is 22.9 Å². The van der Waals surface area contributed by atoms with Crippen molar-refractivity contribution in [3.8, 4) is 5.75 Å². The number of ketones is 1. The number of aryl methyl sites for hydroxylation is 1. The van der Waals surface area contributed by atoms with E-state index in [2.05, 4.69) is 4.98 Å². The van der Waals surface area contributed by atoms with Crippen molar-refractivity contribution in [3.63, 3.8) is 0 Å². The molecule has 7 nitrogen and oxygen atoms in total. The van der Waals surface area contributed by atoms with E-state index in [0.29, 0.717) is 38.7 Å². The van der Waals surface area contributed by atoms with Gasteiger partial charge in [0.2, 0.25) is 5.78 Å². The molecule has 0 radical (unpaired) electrons. The Hall–Kier alpha value is -4.10. The van der Waals surface area contributed by atoms with E-state index in [4.69, 9.17) is 20.8 Å². The second-order valence-corrected chi connectivity index (χ2v) is 8.28. The summed E-state index contributed by atoms with van der Waals surface area (Å²) in [6.07, 6.45) is 1.57.